The van der Waals surface area contributed by atoms with Gasteiger partial charge in [0.2, 0.25) is 0 Å². The Labute approximate surface area is 153 Å². The van der Waals surface area contributed by atoms with Gasteiger partial charge in [-0.2, -0.15) is 5.10 Å². The molecule has 1 aromatic carbocycles. The fourth-order valence-corrected chi connectivity index (χ4v) is 4.49. The lowest BCUT2D eigenvalue weighted by Crippen LogP contribution is -2.53. The summed E-state index contributed by atoms with van der Waals surface area (Å²) in [5.41, 5.74) is 1.34. The molecule has 2 aliphatic rings. The maximum atomic E-state index is 13.3. The third kappa shape index (κ3) is 2.83. The number of rotatable bonds is 4. The van der Waals surface area contributed by atoms with Gasteiger partial charge in [0.25, 0.3) is 5.91 Å². The Balaban J connectivity index is 1.61. The fourth-order valence-electron chi connectivity index (χ4n) is 4.49. The summed E-state index contributed by atoms with van der Waals surface area (Å²) >= 11 is 0. The largest absolute Gasteiger partial charge is 0.381 e. The first-order chi connectivity index (χ1) is 12.7. The third-order valence-electron chi connectivity index (χ3n) is 6.00. The maximum absolute atomic E-state index is 13.3. The van der Waals surface area contributed by atoms with E-state index >= 15 is 0 Å². The van der Waals surface area contributed by atoms with Gasteiger partial charge in [-0.05, 0) is 49.9 Å². The van der Waals surface area contributed by atoms with Crippen molar-refractivity contribution >= 4 is 5.91 Å². The maximum Gasteiger partial charge on any atom is 0.254 e. The lowest BCUT2D eigenvalue weighted by Gasteiger charge is -2.43. The van der Waals surface area contributed by atoms with Crippen LogP contribution < -0.4 is 0 Å². The van der Waals surface area contributed by atoms with Gasteiger partial charge in [0, 0.05) is 38.7 Å². The van der Waals surface area contributed by atoms with Crippen molar-refractivity contribution in [2.75, 3.05) is 20.8 Å². The molecule has 2 heterocycles. The predicted molar refractivity (Wildman–Crippen MR) is 97.4 cm³/mol. The van der Waals surface area contributed by atoms with E-state index in [2.05, 4.69) is 5.10 Å². The van der Waals surface area contributed by atoms with Crippen molar-refractivity contribution in [3.05, 3.63) is 48.3 Å². The zero-order valence-electron chi connectivity index (χ0n) is 15.3. The van der Waals surface area contributed by atoms with Crippen LogP contribution in [0.5, 0.6) is 0 Å². The number of carbonyl (C=O) groups is 1. The van der Waals surface area contributed by atoms with Gasteiger partial charge < -0.3 is 14.4 Å². The highest BCUT2D eigenvalue weighted by Crippen LogP contribution is 2.43. The summed E-state index contributed by atoms with van der Waals surface area (Å²) in [6.45, 7) is 0.722. The molecule has 1 amide bonds. The normalized spacial score (nSPS) is 28.2. The molecule has 1 saturated heterocycles. The minimum Gasteiger partial charge on any atom is -0.381 e. The van der Waals surface area contributed by atoms with E-state index in [1.807, 2.05) is 41.4 Å². The summed E-state index contributed by atoms with van der Waals surface area (Å²) in [6.07, 6.45) is 7.42. The molecule has 0 radical (unpaired) electrons. The van der Waals surface area contributed by atoms with Crippen LogP contribution in [0.15, 0.2) is 42.7 Å². The van der Waals surface area contributed by atoms with Crippen molar-refractivity contribution in [2.24, 2.45) is 0 Å². The lowest BCUT2D eigenvalue weighted by molar-refractivity contribution is -0.0893. The summed E-state index contributed by atoms with van der Waals surface area (Å²) < 4.78 is 13.3. The molecule has 0 unspecified atom stereocenters. The number of carbonyl (C=O) groups excluding carboxylic acids is 1. The lowest BCUT2D eigenvalue weighted by atomic mass is 9.79. The molecule has 1 aromatic heterocycles. The molecule has 6 heteroatoms. The molecular weight excluding hydrogens is 330 g/mol. The zero-order valence-corrected chi connectivity index (χ0v) is 15.3. The van der Waals surface area contributed by atoms with Crippen LogP contribution in [-0.4, -0.2) is 59.1 Å². The number of methoxy groups -OCH3 is 2. The van der Waals surface area contributed by atoms with E-state index in [-0.39, 0.29) is 23.7 Å². The number of hydrogen-bond acceptors (Lipinski definition) is 4. The molecule has 0 N–H and O–H groups in total. The predicted octanol–water partition coefficient (Wildman–Crippen LogP) is 2.67. The molecule has 4 rings (SSSR count). The number of aromatic nitrogens is 2. The Morgan fingerprint density at radius 3 is 2.88 bits per heavy atom. The highest BCUT2D eigenvalue weighted by molar-refractivity contribution is 5.95. The monoisotopic (exact) mass is 355 g/mol. The van der Waals surface area contributed by atoms with Crippen LogP contribution in [0.1, 0.15) is 36.0 Å². The van der Waals surface area contributed by atoms with Crippen LogP contribution in [0.25, 0.3) is 5.69 Å². The average molecular weight is 355 g/mol. The van der Waals surface area contributed by atoms with Crippen molar-refractivity contribution in [2.45, 2.75) is 43.4 Å². The van der Waals surface area contributed by atoms with E-state index in [9.17, 15) is 4.79 Å². The molecular formula is C20H25N3O3. The molecule has 26 heavy (non-hydrogen) atoms. The number of benzene rings is 1. The van der Waals surface area contributed by atoms with Crippen LogP contribution in [0.2, 0.25) is 0 Å². The minimum absolute atomic E-state index is 0.0553. The Kier molecular flexibility index (Phi) is 4.54. The second kappa shape index (κ2) is 6.85. The molecule has 6 nitrogen and oxygen atoms in total. The summed E-state index contributed by atoms with van der Waals surface area (Å²) in [6, 6.07) is 9.57. The standard InChI is InChI=1S/C20H25N3O3/c1-25-17-7-8-20(26-2)9-12-22(18(20)14-17)19(24)15-5-3-6-16(13-15)23-11-4-10-21-23/h3-6,10-11,13,17-18H,7-9,12,14H2,1-2H3/t17-,18-,20+/m0/s1. The summed E-state index contributed by atoms with van der Waals surface area (Å²) in [5, 5.41) is 4.25. The number of likely N-dealkylation sites (tertiary alicyclic amines) is 1. The van der Waals surface area contributed by atoms with Gasteiger partial charge in [-0.15, -0.1) is 0 Å². The molecule has 1 aliphatic carbocycles. The van der Waals surface area contributed by atoms with Crippen molar-refractivity contribution < 1.29 is 14.3 Å². The van der Waals surface area contributed by atoms with Gasteiger partial charge in [0.05, 0.1) is 23.4 Å². The molecule has 0 bridgehead atoms. The Bertz CT molecular complexity index is 776. The van der Waals surface area contributed by atoms with E-state index in [4.69, 9.17) is 9.47 Å². The number of ether oxygens (including phenoxy) is 2. The van der Waals surface area contributed by atoms with E-state index in [0.29, 0.717) is 5.56 Å². The van der Waals surface area contributed by atoms with E-state index in [1.165, 1.54) is 0 Å². The van der Waals surface area contributed by atoms with Crippen LogP contribution >= 0.6 is 0 Å². The minimum atomic E-state index is -0.232. The topological polar surface area (TPSA) is 56.6 Å². The highest BCUT2D eigenvalue weighted by Gasteiger charge is 2.52. The molecule has 1 saturated carbocycles. The van der Waals surface area contributed by atoms with Gasteiger partial charge in [-0.1, -0.05) is 6.07 Å². The molecule has 138 valence electrons. The van der Waals surface area contributed by atoms with Crippen LogP contribution in [0, 0.1) is 0 Å². The van der Waals surface area contributed by atoms with Crippen molar-refractivity contribution in [3.8, 4) is 5.69 Å². The van der Waals surface area contributed by atoms with Crippen LogP contribution in [0.4, 0.5) is 0 Å². The Hall–Kier alpha value is -2.18. The quantitative estimate of drug-likeness (QED) is 0.846. The first-order valence-corrected chi connectivity index (χ1v) is 9.16. The summed E-state index contributed by atoms with van der Waals surface area (Å²) in [4.78, 5) is 15.3. The fraction of sp³-hybridized carbons (Fsp3) is 0.500. The average Bonchev–Trinajstić information content (AvgIpc) is 3.35. The SMILES string of the molecule is CO[C@H]1CC[C@@]2(OC)CCN(C(=O)c3cccc(-n4cccn4)c3)[C@H]2C1. The summed E-state index contributed by atoms with van der Waals surface area (Å²) in [5.74, 6) is 0.0553. The van der Waals surface area contributed by atoms with Crippen molar-refractivity contribution in [1.29, 1.82) is 0 Å². The van der Waals surface area contributed by atoms with Gasteiger partial charge in [0.1, 0.15) is 0 Å². The van der Waals surface area contributed by atoms with E-state index < -0.39 is 0 Å². The van der Waals surface area contributed by atoms with Crippen molar-refractivity contribution in [1.82, 2.24) is 14.7 Å². The second-order valence-electron chi connectivity index (χ2n) is 7.17. The smallest absolute Gasteiger partial charge is 0.254 e. The number of hydrogen-bond donors (Lipinski definition) is 0. The van der Waals surface area contributed by atoms with Gasteiger partial charge >= 0.3 is 0 Å². The highest BCUT2D eigenvalue weighted by atomic mass is 16.5. The first-order valence-electron chi connectivity index (χ1n) is 9.16. The zero-order chi connectivity index (χ0) is 18.1. The number of amides is 1. The van der Waals surface area contributed by atoms with Gasteiger partial charge in [-0.25, -0.2) is 4.68 Å². The summed E-state index contributed by atoms with van der Waals surface area (Å²) in [7, 11) is 3.52. The number of fused-ring (bicyclic) bond motifs is 1. The van der Waals surface area contributed by atoms with E-state index in [0.717, 1.165) is 37.9 Å². The third-order valence-corrected chi connectivity index (χ3v) is 6.00. The van der Waals surface area contributed by atoms with Gasteiger partial charge in [0.15, 0.2) is 0 Å². The molecule has 2 aromatic rings. The van der Waals surface area contributed by atoms with Gasteiger partial charge in [-0.3, -0.25) is 4.79 Å². The first kappa shape index (κ1) is 17.2. The number of nitrogens with zero attached hydrogens (tertiary/aromatic N) is 3. The van der Waals surface area contributed by atoms with Crippen LogP contribution in [0.3, 0.4) is 0 Å². The second-order valence-corrected chi connectivity index (χ2v) is 7.17. The van der Waals surface area contributed by atoms with Crippen molar-refractivity contribution in [3.63, 3.8) is 0 Å². The van der Waals surface area contributed by atoms with E-state index in [1.54, 1.807) is 25.1 Å². The Morgan fingerprint density at radius 1 is 1.27 bits per heavy atom. The molecule has 2 fully saturated rings. The molecule has 3 atom stereocenters. The molecule has 0 spiro atoms. The Morgan fingerprint density at radius 2 is 2.15 bits per heavy atom. The molecule has 1 aliphatic heterocycles. The van der Waals surface area contributed by atoms with Crippen LogP contribution in [-0.2, 0) is 9.47 Å².